The van der Waals surface area contributed by atoms with Crippen LogP contribution in [0.2, 0.25) is 0 Å². The fourth-order valence-electron chi connectivity index (χ4n) is 3.11. The maximum absolute atomic E-state index is 12.2. The number of piperazine rings is 1. The van der Waals surface area contributed by atoms with Crippen molar-refractivity contribution < 1.29 is 13.9 Å². The molecule has 138 valence electrons. The Bertz CT molecular complexity index is 1000. The zero-order valence-corrected chi connectivity index (χ0v) is 14.8. The van der Waals surface area contributed by atoms with Gasteiger partial charge in [0, 0.05) is 37.8 Å². The van der Waals surface area contributed by atoms with E-state index in [9.17, 15) is 9.59 Å². The molecule has 0 saturated carbocycles. The third kappa shape index (κ3) is 3.85. The smallest absolute Gasteiger partial charge is 0.260 e. The number of benzene rings is 2. The van der Waals surface area contributed by atoms with Gasteiger partial charge < -0.3 is 19.4 Å². The van der Waals surface area contributed by atoms with Crippen LogP contribution in [0.15, 0.2) is 63.8 Å². The van der Waals surface area contributed by atoms with Crippen LogP contribution in [0.3, 0.4) is 0 Å². The Labute approximate surface area is 156 Å². The summed E-state index contributed by atoms with van der Waals surface area (Å²) in [7, 11) is 0. The zero-order valence-electron chi connectivity index (χ0n) is 14.8. The summed E-state index contributed by atoms with van der Waals surface area (Å²) in [5.74, 6) is 1.09. The maximum Gasteiger partial charge on any atom is 0.260 e. The van der Waals surface area contributed by atoms with Crippen LogP contribution in [0.1, 0.15) is 0 Å². The van der Waals surface area contributed by atoms with Gasteiger partial charge in [0.15, 0.2) is 12.0 Å². The first-order valence-electron chi connectivity index (χ1n) is 8.95. The first-order chi connectivity index (χ1) is 13.2. The van der Waals surface area contributed by atoms with Gasteiger partial charge in [-0.05, 0) is 36.4 Å². The van der Waals surface area contributed by atoms with Crippen LogP contribution in [-0.2, 0) is 4.79 Å². The van der Waals surface area contributed by atoms with Crippen LogP contribution < -0.4 is 15.5 Å². The molecular weight excluding hydrogens is 344 g/mol. The Hall–Kier alpha value is -3.12. The second-order valence-electron chi connectivity index (χ2n) is 6.41. The topological polar surface area (TPSA) is 71.8 Å². The summed E-state index contributed by atoms with van der Waals surface area (Å²) in [5.41, 5.74) is 1.26. The van der Waals surface area contributed by atoms with Crippen LogP contribution >= 0.6 is 0 Å². The van der Waals surface area contributed by atoms with Gasteiger partial charge in [0.1, 0.15) is 17.1 Å². The number of ether oxygens (including phenoxy) is 1. The van der Waals surface area contributed by atoms with Crippen molar-refractivity contribution in [2.24, 2.45) is 0 Å². The first-order valence-corrected chi connectivity index (χ1v) is 8.95. The van der Waals surface area contributed by atoms with E-state index >= 15 is 0 Å². The number of nitrogens with one attached hydrogen (secondary N) is 1. The number of rotatable bonds is 4. The summed E-state index contributed by atoms with van der Waals surface area (Å²) in [6, 6.07) is 15.8. The number of carbonyl (C=O) groups excluding carboxylic acids is 1. The monoisotopic (exact) mass is 364 g/mol. The summed E-state index contributed by atoms with van der Waals surface area (Å²) in [6.07, 6.45) is 0. The lowest BCUT2D eigenvalue weighted by molar-refractivity contribution is -0.133. The molecule has 3 aromatic rings. The fourth-order valence-corrected chi connectivity index (χ4v) is 3.11. The van der Waals surface area contributed by atoms with E-state index in [1.807, 2.05) is 24.3 Å². The molecule has 6 nitrogen and oxygen atoms in total. The minimum Gasteiger partial charge on any atom is -0.484 e. The minimum atomic E-state index is -0.0752. The summed E-state index contributed by atoms with van der Waals surface area (Å²) < 4.78 is 11.4. The Morgan fingerprint density at radius 2 is 1.81 bits per heavy atom. The third-order valence-corrected chi connectivity index (χ3v) is 4.61. The molecule has 1 amide bonds. The number of amides is 1. The molecular formula is C21H20N2O4. The average molecular weight is 364 g/mol. The van der Waals surface area contributed by atoms with Crippen molar-refractivity contribution in [2.75, 3.05) is 32.8 Å². The number of fused-ring (bicyclic) bond motifs is 1. The molecule has 0 aliphatic carbocycles. The molecule has 1 saturated heterocycles. The van der Waals surface area contributed by atoms with Crippen molar-refractivity contribution in [1.29, 1.82) is 0 Å². The van der Waals surface area contributed by atoms with E-state index < -0.39 is 0 Å². The van der Waals surface area contributed by atoms with Crippen LogP contribution in [-0.4, -0.2) is 43.6 Å². The number of hydrogen-bond acceptors (Lipinski definition) is 5. The van der Waals surface area contributed by atoms with Crippen LogP contribution in [0.4, 0.5) is 0 Å². The molecule has 1 fully saturated rings. The van der Waals surface area contributed by atoms with E-state index in [0.29, 0.717) is 35.6 Å². The van der Waals surface area contributed by atoms with Crippen molar-refractivity contribution in [3.05, 3.63) is 64.8 Å². The molecule has 0 unspecified atom stereocenters. The second kappa shape index (κ2) is 7.63. The maximum atomic E-state index is 12.2. The number of carbonyl (C=O) groups is 1. The van der Waals surface area contributed by atoms with Crippen LogP contribution in [0.5, 0.6) is 5.75 Å². The van der Waals surface area contributed by atoms with E-state index in [4.69, 9.17) is 9.15 Å². The molecule has 1 N–H and O–H groups in total. The summed E-state index contributed by atoms with van der Waals surface area (Å²) in [5, 5.41) is 3.78. The summed E-state index contributed by atoms with van der Waals surface area (Å²) in [4.78, 5) is 26.2. The van der Waals surface area contributed by atoms with Gasteiger partial charge in [-0.1, -0.05) is 12.1 Å². The fraction of sp³-hybridized carbons (Fsp3) is 0.238. The quantitative estimate of drug-likeness (QED) is 0.769. The zero-order chi connectivity index (χ0) is 18.6. The SMILES string of the molecule is O=C(COc1ccc(-c2cc(=O)c3ccccc3o2)cc1)N1CCNCC1. The van der Waals surface area contributed by atoms with E-state index in [1.54, 1.807) is 29.2 Å². The average Bonchev–Trinajstić information content (AvgIpc) is 2.73. The van der Waals surface area contributed by atoms with Crippen LogP contribution in [0, 0.1) is 0 Å². The van der Waals surface area contributed by atoms with Crippen molar-refractivity contribution in [3.63, 3.8) is 0 Å². The lowest BCUT2D eigenvalue weighted by atomic mass is 10.1. The van der Waals surface area contributed by atoms with Gasteiger partial charge in [0.2, 0.25) is 0 Å². The highest BCUT2D eigenvalue weighted by molar-refractivity contribution is 5.79. The number of hydrogen-bond donors (Lipinski definition) is 1. The van der Waals surface area contributed by atoms with Crippen molar-refractivity contribution in [3.8, 4) is 17.1 Å². The molecule has 1 aliphatic heterocycles. The van der Waals surface area contributed by atoms with Gasteiger partial charge >= 0.3 is 0 Å². The second-order valence-corrected chi connectivity index (χ2v) is 6.41. The number of nitrogens with zero attached hydrogens (tertiary/aromatic N) is 1. The van der Waals surface area contributed by atoms with Gasteiger partial charge in [-0.15, -0.1) is 0 Å². The van der Waals surface area contributed by atoms with Crippen molar-refractivity contribution in [2.45, 2.75) is 0 Å². The lowest BCUT2D eigenvalue weighted by Gasteiger charge is -2.27. The Kier molecular flexibility index (Phi) is 4.89. The van der Waals surface area contributed by atoms with E-state index in [2.05, 4.69) is 5.32 Å². The van der Waals surface area contributed by atoms with E-state index in [-0.39, 0.29) is 17.9 Å². The van der Waals surface area contributed by atoms with Gasteiger partial charge in [0.05, 0.1) is 5.39 Å². The molecule has 2 aromatic carbocycles. The molecule has 6 heteroatoms. The first kappa shape index (κ1) is 17.3. The molecule has 27 heavy (non-hydrogen) atoms. The Morgan fingerprint density at radius 1 is 1.07 bits per heavy atom. The summed E-state index contributed by atoms with van der Waals surface area (Å²) in [6.45, 7) is 3.07. The lowest BCUT2D eigenvalue weighted by Crippen LogP contribution is -2.47. The predicted molar refractivity (Wildman–Crippen MR) is 103 cm³/mol. The standard InChI is InChI=1S/C21H20N2O4/c24-18-13-20(27-19-4-2-1-3-17(18)19)15-5-7-16(8-6-15)26-14-21(25)23-11-9-22-10-12-23/h1-8,13,22H,9-12,14H2. The highest BCUT2D eigenvalue weighted by Gasteiger charge is 2.16. The summed E-state index contributed by atoms with van der Waals surface area (Å²) >= 11 is 0. The normalized spacial score (nSPS) is 14.3. The van der Waals surface area contributed by atoms with E-state index in [1.165, 1.54) is 6.07 Å². The number of para-hydroxylation sites is 1. The van der Waals surface area contributed by atoms with E-state index in [0.717, 1.165) is 18.7 Å². The molecule has 0 atom stereocenters. The highest BCUT2D eigenvalue weighted by atomic mass is 16.5. The molecule has 2 heterocycles. The third-order valence-electron chi connectivity index (χ3n) is 4.61. The predicted octanol–water partition coefficient (Wildman–Crippen LogP) is 2.27. The largest absolute Gasteiger partial charge is 0.484 e. The van der Waals surface area contributed by atoms with Crippen molar-refractivity contribution >= 4 is 16.9 Å². The minimum absolute atomic E-state index is 0.0129. The van der Waals surface area contributed by atoms with Gasteiger partial charge in [-0.2, -0.15) is 0 Å². The highest BCUT2D eigenvalue weighted by Crippen LogP contribution is 2.24. The molecule has 1 aromatic heterocycles. The molecule has 0 radical (unpaired) electrons. The van der Waals surface area contributed by atoms with Crippen LogP contribution in [0.25, 0.3) is 22.3 Å². The molecule has 1 aliphatic rings. The molecule has 4 rings (SSSR count). The Morgan fingerprint density at radius 3 is 2.59 bits per heavy atom. The van der Waals surface area contributed by atoms with Crippen molar-refractivity contribution in [1.82, 2.24) is 10.2 Å². The Balaban J connectivity index is 1.46. The van der Waals surface area contributed by atoms with Gasteiger partial charge in [-0.25, -0.2) is 0 Å². The van der Waals surface area contributed by atoms with Gasteiger partial charge in [-0.3, -0.25) is 9.59 Å². The van der Waals surface area contributed by atoms with Gasteiger partial charge in [0.25, 0.3) is 5.91 Å². The molecule has 0 bridgehead atoms. The molecule has 0 spiro atoms.